The predicted molar refractivity (Wildman–Crippen MR) is 134 cm³/mol. The largest absolute Gasteiger partial charge is 0.376 e. The zero-order valence-electron chi connectivity index (χ0n) is 21.0. The van der Waals surface area contributed by atoms with Gasteiger partial charge >= 0.3 is 6.03 Å². The first-order valence-corrected chi connectivity index (χ1v) is 13.4. The molecule has 0 spiro atoms. The van der Waals surface area contributed by atoms with E-state index in [1.165, 1.54) is 4.90 Å². The van der Waals surface area contributed by atoms with Crippen LogP contribution in [0.1, 0.15) is 68.6 Å². The van der Waals surface area contributed by atoms with Crippen molar-refractivity contribution in [1.82, 2.24) is 15.1 Å². The van der Waals surface area contributed by atoms with Gasteiger partial charge in [0.05, 0.1) is 12.6 Å². The van der Waals surface area contributed by atoms with E-state index < -0.39 is 5.54 Å². The highest BCUT2D eigenvalue weighted by Gasteiger charge is 2.55. The van der Waals surface area contributed by atoms with Crippen molar-refractivity contribution in [2.45, 2.75) is 69.9 Å². The second kappa shape index (κ2) is 10.2. The molecule has 4 saturated heterocycles. The van der Waals surface area contributed by atoms with Gasteiger partial charge in [-0.2, -0.15) is 0 Å². The molecule has 4 aliphatic rings. The molecule has 5 rings (SSSR count). The van der Waals surface area contributed by atoms with Crippen LogP contribution in [-0.2, 0) is 14.3 Å². The lowest BCUT2D eigenvalue weighted by Gasteiger charge is -2.41. The lowest BCUT2D eigenvalue weighted by atomic mass is 9.74. The van der Waals surface area contributed by atoms with Crippen LogP contribution in [0, 0.1) is 5.92 Å². The Morgan fingerprint density at radius 2 is 1.81 bits per heavy atom. The van der Waals surface area contributed by atoms with Crippen LogP contribution in [0.3, 0.4) is 0 Å². The number of amides is 5. The van der Waals surface area contributed by atoms with Crippen LogP contribution in [0.25, 0.3) is 0 Å². The molecule has 0 aliphatic carbocycles. The van der Waals surface area contributed by atoms with E-state index in [1.54, 1.807) is 17.0 Å². The van der Waals surface area contributed by atoms with Crippen LogP contribution in [-0.4, -0.2) is 78.0 Å². The van der Waals surface area contributed by atoms with Crippen LogP contribution >= 0.6 is 0 Å². The Morgan fingerprint density at radius 1 is 1.06 bits per heavy atom. The summed E-state index contributed by atoms with van der Waals surface area (Å²) in [5.74, 6) is -0.0724. The lowest BCUT2D eigenvalue weighted by molar-refractivity contribution is -0.135. The van der Waals surface area contributed by atoms with E-state index in [9.17, 15) is 19.2 Å². The Bertz CT molecular complexity index is 1010. The molecule has 1 aromatic rings. The van der Waals surface area contributed by atoms with Gasteiger partial charge in [-0.1, -0.05) is 13.3 Å². The SMILES string of the molecule is CCCC1(C2CCN(C(=O)c3ccc(N4CCCC4=O)cc3)CC2)NC(=O)N(CC2CCCO2)C1=O. The molecule has 1 N–H and O–H groups in total. The zero-order chi connectivity index (χ0) is 25.3. The first-order valence-electron chi connectivity index (χ1n) is 13.4. The molecule has 2 unspecified atom stereocenters. The highest BCUT2D eigenvalue weighted by molar-refractivity contribution is 6.07. The molecule has 2 atom stereocenters. The molecule has 1 aromatic carbocycles. The molecule has 5 amide bonds. The second-order valence-electron chi connectivity index (χ2n) is 10.5. The van der Waals surface area contributed by atoms with E-state index in [-0.39, 0.29) is 35.8 Å². The van der Waals surface area contributed by atoms with Crippen molar-refractivity contribution in [3.63, 3.8) is 0 Å². The fourth-order valence-electron chi connectivity index (χ4n) is 6.31. The molecule has 36 heavy (non-hydrogen) atoms. The maximum absolute atomic E-state index is 13.6. The molecule has 0 radical (unpaired) electrons. The van der Waals surface area contributed by atoms with Gasteiger partial charge in [-0.05, 0) is 68.7 Å². The summed E-state index contributed by atoms with van der Waals surface area (Å²) in [6, 6.07) is 6.94. The quantitative estimate of drug-likeness (QED) is 0.585. The molecule has 4 heterocycles. The van der Waals surface area contributed by atoms with Gasteiger partial charge in [-0.15, -0.1) is 0 Å². The number of ether oxygens (including phenoxy) is 1. The smallest absolute Gasteiger partial charge is 0.325 e. The topological polar surface area (TPSA) is 99.3 Å². The van der Waals surface area contributed by atoms with E-state index in [1.807, 2.05) is 24.0 Å². The molecular weight excluding hydrogens is 460 g/mol. The molecule has 0 bridgehead atoms. The fraction of sp³-hybridized carbons (Fsp3) is 0.630. The van der Waals surface area contributed by atoms with Gasteiger partial charge in [-0.3, -0.25) is 19.3 Å². The summed E-state index contributed by atoms with van der Waals surface area (Å²) in [7, 11) is 0. The third-order valence-electron chi connectivity index (χ3n) is 8.23. The summed E-state index contributed by atoms with van der Waals surface area (Å²) in [5, 5.41) is 3.07. The normalized spacial score (nSPS) is 27.3. The minimum Gasteiger partial charge on any atom is -0.376 e. The Labute approximate surface area is 212 Å². The highest BCUT2D eigenvalue weighted by atomic mass is 16.5. The maximum Gasteiger partial charge on any atom is 0.325 e. The molecule has 4 aliphatic heterocycles. The van der Waals surface area contributed by atoms with Gasteiger partial charge in [0, 0.05) is 43.9 Å². The highest BCUT2D eigenvalue weighted by Crippen LogP contribution is 2.38. The molecule has 9 nitrogen and oxygen atoms in total. The van der Waals surface area contributed by atoms with Crippen molar-refractivity contribution >= 4 is 29.4 Å². The minimum absolute atomic E-state index is 0.0176. The monoisotopic (exact) mass is 496 g/mol. The number of nitrogens with one attached hydrogen (secondary N) is 1. The Hall–Kier alpha value is -2.94. The van der Waals surface area contributed by atoms with E-state index >= 15 is 0 Å². The van der Waals surface area contributed by atoms with Gasteiger partial charge in [0.1, 0.15) is 5.54 Å². The number of rotatable bonds is 7. The van der Waals surface area contributed by atoms with Gasteiger partial charge in [0.15, 0.2) is 0 Å². The third kappa shape index (κ3) is 4.49. The van der Waals surface area contributed by atoms with Crippen molar-refractivity contribution in [3.05, 3.63) is 29.8 Å². The summed E-state index contributed by atoms with van der Waals surface area (Å²) in [6.07, 6.45) is 5.88. The number of piperidine rings is 1. The Morgan fingerprint density at radius 3 is 2.42 bits per heavy atom. The summed E-state index contributed by atoms with van der Waals surface area (Å²) in [6.45, 7) is 4.82. The molecular formula is C27H36N4O5. The van der Waals surface area contributed by atoms with Gasteiger partial charge < -0.3 is 19.9 Å². The number of nitrogens with zero attached hydrogens (tertiary/aromatic N) is 3. The minimum atomic E-state index is -0.899. The number of carbonyl (C=O) groups is 4. The maximum atomic E-state index is 13.6. The standard InChI is InChI=1S/C27H36N4O5/c1-2-13-27(25(34)31(26(35)28-27)18-22-5-4-17-36-22)20-11-15-29(16-12-20)24(33)19-7-9-21(10-8-19)30-14-3-6-23(30)32/h7-10,20,22H,2-6,11-18H2,1H3,(H,28,35). The van der Waals surface area contributed by atoms with Crippen molar-refractivity contribution in [2.75, 3.05) is 37.7 Å². The predicted octanol–water partition coefficient (Wildman–Crippen LogP) is 2.94. The van der Waals surface area contributed by atoms with Crippen molar-refractivity contribution in [3.8, 4) is 0 Å². The van der Waals surface area contributed by atoms with E-state index in [0.29, 0.717) is 57.5 Å². The van der Waals surface area contributed by atoms with Gasteiger partial charge in [0.2, 0.25) is 5.91 Å². The lowest BCUT2D eigenvalue weighted by Crippen LogP contribution is -2.56. The second-order valence-corrected chi connectivity index (χ2v) is 10.5. The van der Waals surface area contributed by atoms with Crippen LogP contribution in [0.15, 0.2) is 24.3 Å². The molecule has 0 aromatic heterocycles. The Kier molecular flexibility index (Phi) is 7.01. The van der Waals surface area contributed by atoms with Gasteiger partial charge in [0.25, 0.3) is 11.8 Å². The first kappa shape index (κ1) is 24.7. The number of anilines is 1. The number of urea groups is 1. The van der Waals surface area contributed by atoms with Crippen LogP contribution in [0.4, 0.5) is 10.5 Å². The molecule has 9 heteroatoms. The van der Waals surface area contributed by atoms with Crippen LogP contribution in [0.2, 0.25) is 0 Å². The zero-order valence-corrected chi connectivity index (χ0v) is 21.0. The van der Waals surface area contributed by atoms with E-state index in [2.05, 4.69) is 5.32 Å². The van der Waals surface area contributed by atoms with E-state index in [0.717, 1.165) is 37.9 Å². The van der Waals surface area contributed by atoms with Crippen molar-refractivity contribution in [2.24, 2.45) is 5.92 Å². The van der Waals surface area contributed by atoms with E-state index in [4.69, 9.17) is 4.74 Å². The van der Waals surface area contributed by atoms with Crippen LogP contribution < -0.4 is 10.2 Å². The first-order chi connectivity index (χ1) is 17.4. The number of hydrogen-bond acceptors (Lipinski definition) is 5. The van der Waals surface area contributed by atoms with Crippen molar-refractivity contribution < 1.29 is 23.9 Å². The molecule has 4 fully saturated rings. The van der Waals surface area contributed by atoms with Crippen molar-refractivity contribution in [1.29, 1.82) is 0 Å². The average molecular weight is 497 g/mol. The Balaban J connectivity index is 1.23. The molecule has 194 valence electrons. The summed E-state index contributed by atoms with van der Waals surface area (Å²) in [4.78, 5) is 56.6. The average Bonchev–Trinajstić information content (AvgIpc) is 3.62. The number of imide groups is 1. The number of benzene rings is 1. The third-order valence-corrected chi connectivity index (χ3v) is 8.23. The van der Waals surface area contributed by atoms with Gasteiger partial charge in [-0.25, -0.2) is 4.79 Å². The summed E-state index contributed by atoms with van der Waals surface area (Å²) >= 11 is 0. The number of likely N-dealkylation sites (tertiary alicyclic amines) is 1. The number of hydrogen-bond donors (Lipinski definition) is 1. The van der Waals surface area contributed by atoms with Crippen LogP contribution in [0.5, 0.6) is 0 Å². The number of carbonyl (C=O) groups excluding carboxylic acids is 4. The summed E-state index contributed by atoms with van der Waals surface area (Å²) < 4.78 is 5.67. The summed E-state index contributed by atoms with van der Waals surface area (Å²) in [5.41, 5.74) is 0.529. The fourth-order valence-corrected chi connectivity index (χ4v) is 6.31. The molecule has 0 saturated carbocycles.